The molecule has 0 radical (unpaired) electrons. The lowest BCUT2D eigenvalue weighted by molar-refractivity contribution is 0.147. The Balaban J connectivity index is 2.07. The molecule has 4 heteroatoms. The van der Waals surface area contributed by atoms with Gasteiger partial charge in [-0.3, -0.25) is 0 Å². The van der Waals surface area contributed by atoms with Crippen LogP contribution in [0.1, 0.15) is 13.3 Å². The third kappa shape index (κ3) is 4.42. The van der Waals surface area contributed by atoms with Crippen LogP contribution in [-0.4, -0.2) is 29.7 Å². The molecule has 1 rings (SSSR count). The lowest BCUT2D eigenvalue weighted by Gasteiger charge is -2.04. The van der Waals surface area contributed by atoms with Crippen LogP contribution in [0.2, 0.25) is 0 Å². The average molecular weight is 181 g/mol. The van der Waals surface area contributed by atoms with Crippen LogP contribution in [0.25, 0.3) is 0 Å². The number of nitrogens with one attached hydrogen (secondary N) is 1. The molecule has 1 aromatic heterocycles. The van der Waals surface area contributed by atoms with Crippen molar-refractivity contribution in [2.24, 2.45) is 0 Å². The topological polar surface area (TPSA) is 47.0 Å². The highest BCUT2D eigenvalue weighted by Gasteiger charge is 1.90. The molecule has 1 heterocycles. The van der Waals surface area contributed by atoms with Gasteiger partial charge in [-0.15, -0.1) is 0 Å². The molecule has 1 aromatic rings. The fourth-order valence-electron chi connectivity index (χ4n) is 0.930. The first-order chi connectivity index (χ1) is 6.43. The van der Waals surface area contributed by atoms with Crippen molar-refractivity contribution in [2.75, 3.05) is 25.1 Å². The minimum absolute atomic E-state index is 0.785. The highest BCUT2D eigenvalue weighted by atomic mass is 16.5. The Morgan fingerprint density at radius 3 is 3.15 bits per heavy atom. The van der Waals surface area contributed by atoms with Crippen molar-refractivity contribution in [2.45, 2.75) is 13.3 Å². The van der Waals surface area contributed by atoms with Crippen molar-refractivity contribution in [3.63, 3.8) is 0 Å². The summed E-state index contributed by atoms with van der Waals surface area (Å²) < 4.78 is 5.20. The summed E-state index contributed by atoms with van der Waals surface area (Å²) in [7, 11) is 0. The van der Waals surface area contributed by atoms with Crippen molar-refractivity contribution in [1.29, 1.82) is 0 Å². The van der Waals surface area contributed by atoms with Gasteiger partial charge < -0.3 is 10.1 Å². The van der Waals surface area contributed by atoms with Crippen LogP contribution in [0.5, 0.6) is 0 Å². The maximum absolute atomic E-state index is 5.20. The molecule has 0 bridgehead atoms. The van der Waals surface area contributed by atoms with Gasteiger partial charge >= 0.3 is 0 Å². The number of hydrogen-bond donors (Lipinski definition) is 1. The van der Waals surface area contributed by atoms with Crippen LogP contribution in [0, 0.1) is 0 Å². The first-order valence-electron chi connectivity index (χ1n) is 4.51. The summed E-state index contributed by atoms with van der Waals surface area (Å²) in [5, 5.41) is 3.17. The number of anilines is 1. The molecule has 0 atom stereocenters. The van der Waals surface area contributed by atoms with Gasteiger partial charge in [-0.25, -0.2) is 9.97 Å². The molecule has 13 heavy (non-hydrogen) atoms. The molecule has 72 valence electrons. The first kappa shape index (κ1) is 9.92. The monoisotopic (exact) mass is 181 g/mol. The Labute approximate surface area is 78.4 Å². The fraction of sp³-hybridized carbons (Fsp3) is 0.556. The molecule has 0 saturated heterocycles. The quantitative estimate of drug-likeness (QED) is 0.672. The Morgan fingerprint density at radius 2 is 2.46 bits per heavy atom. The van der Waals surface area contributed by atoms with E-state index in [2.05, 4.69) is 15.3 Å². The van der Waals surface area contributed by atoms with Crippen LogP contribution in [0.4, 0.5) is 5.82 Å². The lowest BCUT2D eigenvalue weighted by Crippen LogP contribution is -2.06. The van der Waals surface area contributed by atoms with E-state index in [0.29, 0.717) is 0 Å². The Kier molecular flexibility index (Phi) is 4.86. The summed E-state index contributed by atoms with van der Waals surface area (Å²) >= 11 is 0. The molecule has 0 aromatic carbocycles. The zero-order chi connectivity index (χ0) is 9.36. The van der Waals surface area contributed by atoms with E-state index in [1.807, 2.05) is 13.0 Å². The Bertz CT molecular complexity index is 215. The van der Waals surface area contributed by atoms with E-state index in [4.69, 9.17) is 4.74 Å². The van der Waals surface area contributed by atoms with Crippen LogP contribution < -0.4 is 5.32 Å². The van der Waals surface area contributed by atoms with Gasteiger partial charge in [-0.2, -0.15) is 0 Å². The summed E-state index contributed by atoms with van der Waals surface area (Å²) in [6.45, 7) is 4.47. The predicted molar refractivity (Wildman–Crippen MR) is 51.6 cm³/mol. The third-order valence-corrected chi connectivity index (χ3v) is 1.56. The maximum atomic E-state index is 5.20. The zero-order valence-corrected chi connectivity index (χ0v) is 7.86. The van der Waals surface area contributed by atoms with Crippen LogP contribution >= 0.6 is 0 Å². The molecule has 0 aliphatic heterocycles. The van der Waals surface area contributed by atoms with Crippen LogP contribution in [0.3, 0.4) is 0 Å². The molecule has 4 nitrogen and oxygen atoms in total. The van der Waals surface area contributed by atoms with Gasteiger partial charge in [-0.1, -0.05) is 0 Å². The highest BCUT2D eigenvalue weighted by molar-refractivity contribution is 5.30. The summed E-state index contributed by atoms with van der Waals surface area (Å²) in [5.74, 6) is 0.867. The molecular formula is C9H15N3O. The standard InChI is InChI=1S/C9H15N3O/c1-2-13-7-3-5-11-9-4-6-10-8-12-9/h4,6,8H,2-3,5,7H2,1H3,(H,10,11,12). The maximum Gasteiger partial charge on any atom is 0.129 e. The predicted octanol–water partition coefficient (Wildman–Crippen LogP) is 1.32. The number of hydrogen-bond acceptors (Lipinski definition) is 4. The third-order valence-electron chi connectivity index (χ3n) is 1.56. The molecule has 1 N–H and O–H groups in total. The molecule has 0 saturated carbocycles. The summed E-state index contributed by atoms with van der Waals surface area (Å²) in [6, 6.07) is 1.85. The molecule has 0 unspecified atom stereocenters. The molecule has 0 amide bonds. The average Bonchev–Trinajstić information content (AvgIpc) is 2.19. The van der Waals surface area contributed by atoms with Crippen molar-refractivity contribution < 1.29 is 4.74 Å². The summed E-state index contributed by atoms with van der Waals surface area (Å²) in [4.78, 5) is 7.86. The van der Waals surface area contributed by atoms with Gasteiger partial charge in [0.2, 0.25) is 0 Å². The summed E-state index contributed by atoms with van der Waals surface area (Å²) in [6.07, 6.45) is 4.25. The normalized spacial score (nSPS) is 9.92. The van der Waals surface area contributed by atoms with E-state index in [9.17, 15) is 0 Å². The van der Waals surface area contributed by atoms with Crippen molar-refractivity contribution in [3.8, 4) is 0 Å². The minimum atomic E-state index is 0.785. The van der Waals surface area contributed by atoms with Gasteiger partial charge in [-0.05, 0) is 19.4 Å². The van der Waals surface area contributed by atoms with Crippen molar-refractivity contribution in [1.82, 2.24) is 9.97 Å². The second-order valence-electron chi connectivity index (χ2n) is 2.57. The smallest absolute Gasteiger partial charge is 0.129 e. The van der Waals surface area contributed by atoms with Gasteiger partial charge in [0.1, 0.15) is 12.1 Å². The number of ether oxygens (including phenoxy) is 1. The molecule has 0 aliphatic rings. The van der Waals surface area contributed by atoms with Crippen molar-refractivity contribution >= 4 is 5.82 Å². The number of nitrogens with zero attached hydrogens (tertiary/aromatic N) is 2. The van der Waals surface area contributed by atoms with Gasteiger partial charge in [0.25, 0.3) is 0 Å². The van der Waals surface area contributed by atoms with Crippen LogP contribution in [-0.2, 0) is 4.74 Å². The van der Waals surface area contributed by atoms with E-state index in [-0.39, 0.29) is 0 Å². The SMILES string of the molecule is CCOCCCNc1ccncn1. The van der Waals surface area contributed by atoms with E-state index in [1.54, 1.807) is 6.20 Å². The Hall–Kier alpha value is -1.16. The zero-order valence-electron chi connectivity index (χ0n) is 7.86. The first-order valence-corrected chi connectivity index (χ1v) is 4.51. The largest absolute Gasteiger partial charge is 0.382 e. The molecule has 0 fully saturated rings. The number of rotatable bonds is 6. The summed E-state index contributed by atoms with van der Waals surface area (Å²) in [5.41, 5.74) is 0. The minimum Gasteiger partial charge on any atom is -0.382 e. The lowest BCUT2D eigenvalue weighted by atomic mass is 10.4. The molecule has 0 aliphatic carbocycles. The van der Waals surface area contributed by atoms with Gasteiger partial charge in [0, 0.05) is 26.0 Å². The molecule has 0 spiro atoms. The number of aromatic nitrogens is 2. The van der Waals surface area contributed by atoms with E-state index in [1.165, 1.54) is 6.33 Å². The second-order valence-corrected chi connectivity index (χ2v) is 2.57. The fourth-order valence-corrected chi connectivity index (χ4v) is 0.930. The van der Waals surface area contributed by atoms with E-state index in [0.717, 1.165) is 32.0 Å². The van der Waals surface area contributed by atoms with E-state index < -0.39 is 0 Å². The second kappa shape index (κ2) is 6.37. The Morgan fingerprint density at radius 1 is 1.54 bits per heavy atom. The van der Waals surface area contributed by atoms with E-state index >= 15 is 0 Å². The van der Waals surface area contributed by atoms with Crippen molar-refractivity contribution in [3.05, 3.63) is 18.6 Å². The van der Waals surface area contributed by atoms with Gasteiger partial charge in [0.15, 0.2) is 0 Å². The highest BCUT2D eigenvalue weighted by Crippen LogP contribution is 1.97. The van der Waals surface area contributed by atoms with Crippen LogP contribution in [0.15, 0.2) is 18.6 Å². The van der Waals surface area contributed by atoms with Gasteiger partial charge in [0.05, 0.1) is 0 Å². The molecular weight excluding hydrogens is 166 g/mol.